The quantitative estimate of drug-likeness (QED) is 0.683. The smallest absolute Gasteiger partial charge is 0.0150 e. The van der Waals surface area contributed by atoms with Crippen molar-refractivity contribution in [3.05, 3.63) is 11.3 Å². The van der Waals surface area contributed by atoms with Gasteiger partial charge in [0, 0.05) is 18.2 Å². The van der Waals surface area contributed by atoms with Crippen molar-refractivity contribution < 1.29 is 0 Å². The lowest BCUT2D eigenvalue weighted by molar-refractivity contribution is 0.462. The Morgan fingerprint density at radius 1 is 1.08 bits per heavy atom. The first-order valence-electron chi connectivity index (χ1n) is 4.87. The molecule has 0 aromatic rings. The summed E-state index contributed by atoms with van der Waals surface area (Å²) in [6.45, 7) is 11.2. The van der Waals surface area contributed by atoms with Crippen molar-refractivity contribution in [1.29, 1.82) is 0 Å². The summed E-state index contributed by atoms with van der Waals surface area (Å²) in [6.07, 6.45) is 2.31. The van der Waals surface area contributed by atoms with Gasteiger partial charge in [0.1, 0.15) is 0 Å². The van der Waals surface area contributed by atoms with Crippen molar-refractivity contribution in [3.63, 3.8) is 0 Å². The van der Waals surface area contributed by atoms with Crippen molar-refractivity contribution in [2.45, 2.75) is 47.5 Å². The van der Waals surface area contributed by atoms with Crippen molar-refractivity contribution >= 4 is 0 Å². The maximum Gasteiger partial charge on any atom is 0.0150 e. The molecule has 0 heterocycles. The first kappa shape index (κ1) is 11.5. The molecule has 1 N–H and O–H groups in total. The maximum absolute atomic E-state index is 3.32. The van der Waals surface area contributed by atoms with E-state index in [-0.39, 0.29) is 5.41 Å². The van der Waals surface area contributed by atoms with Gasteiger partial charge in [0.25, 0.3) is 0 Å². The summed E-state index contributed by atoms with van der Waals surface area (Å²) >= 11 is 0. The highest BCUT2D eigenvalue weighted by atomic mass is 14.9. The van der Waals surface area contributed by atoms with Crippen LogP contribution in [0.2, 0.25) is 0 Å². The second kappa shape index (κ2) is 4.54. The molecule has 1 heteroatoms. The van der Waals surface area contributed by atoms with E-state index in [1.807, 2.05) is 7.05 Å². The molecule has 0 saturated heterocycles. The predicted molar refractivity (Wildman–Crippen MR) is 56.1 cm³/mol. The van der Waals surface area contributed by atoms with Crippen LogP contribution in [0.1, 0.15) is 47.5 Å². The lowest BCUT2D eigenvalue weighted by atomic mass is 9.87. The zero-order valence-corrected chi connectivity index (χ0v) is 9.41. The number of allylic oxidation sites excluding steroid dienone is 2. The van der Waals surface area contributed by atoms with Crippen LogP contribution in [0.15, 0.2) is 11.3 Å². The summed E-state index contributed by atoms with van der Waals surface area (Å²) < 4.78 is 0. The monoisotopic (exact) mass is 169 g/mol. The molecule has 72 valence electrons. The van der Waals surface area contributed by atoms with E-state index in [0.29, 0.717) is 0 Å². The number of hydrogen-bond acceptors (Lipinski definition) is 1. The largest absolute Gasteiger partial charge is 0.391 e. The third-order valence-electron chi connectivity index (χ3n) is 2.21. The summed E-state index contributed by atoms with van der Waals surface area (Å²) in [5.41, 5.74) is 3.22. The van der Waals surface area contributed by atoms with Gasteiger partial charge >= 0.3 is 0 Å². The van der Waals surface area contributed by atoms with Gasteiger partial charge in [-0.3, -0.25) is 0 Å². The third-order valence-corrected chi connectivity index (χ3v) is 2.21. The Bertz CT molecular complexity index is 154. The molecular weight excluding hydrogens is 146 g/mol. The molecule has 0 fully saturated rings. The van der Waals surface area contributed by atoms with E-state index in [1.165, 1.54) is 5.70 Å². The van der Waals surface area contributed by atoms with Crippen molar-refractivity contribution in [2.24, 2.45) is 5.41 Å². The zero-order valence-electron chi connectivity index (χ0n) is 9.41. The molecule has 0 saturated carbocycles. The summed E-state index contributed by atoms with van der Waals surface area (Å²) in [5.74, 6) is 0. The minimum absolute atomic E-state index is 0.260. The third kappa shape index (κ3) is 2.88. The Morgan fingerprint density at radius 3 is 1.58 bits per heavy atom. The SMILES string of the molecule is CCC(CC)=C(NC)C(C)(C)C. The Hall–Kier alpha value is -0.460. The molecule has 0 aliphatic rings. The molecule has 0 bridgehead atoms. The highest BCUT2D eigenvalue weighted by Gasteiger charge is 2.18. The van der Waals surface area contributed by atoms with Crippen LogP contribution in [-0.4, -0.2) is 7.05 Å². The molecule has 12 heavy (non-hydrogen) atoms. The fourth-order valence-electron chi connectivity index (χ4n) is 1.69. The number of rotatable bonds is 3. The van der Waals surface area contributed by atoms with Gasteiger partial charge in [-0.1, -0.05) is 40.2 Å². The second-order valence-electron chi connectivity index (χ2n) is 4.19. The minimum Gasteiger partial charge on any atom is -0.391 e. The molecule has 0 aromatic carbocycles. The topological polar surface area (TPSA) is 12.0 Å². The highest BCUT2D eigenvalue weighted by molar-refractivity contribution is 5.17. The van der Waals surface area contributed by atoms with E-state index >= 15 is 0 Å². The molecule has 0 aliphatic heterocycles. The summed E-state index contributed by atoms with van der Waals surface area (Å²) in [5, 5.41) is 3.32. The van der Waals surface area contributed by atoms with Gasteiger partial charge in [-0.05, 0) is 12.8 Å². The van der Waals surface area contributed by atoms with Gasteiger partial charge in [-0.2, -0.15) is 0 Å². The zero-order chi connectivity index (χ0) is 9.78. The van der Waals surface area contributed by atoms with Crippen LogP contribution in [0.4, 0.5) is 0 Å². The van der Waals surface area contributed by atoms with Crippen LogP contribution in [0.25, 0.3) is 0 Å². The molecule has 0 rings (SSSR count). The molecular formula is C11H23N. The van der Waals surface area contributed by atoms with Crippen molar-refractivity contribution in [2.75, 3.05) is 7.05 Å². The van der Waals surface area contributed by atoms with Crippen LogP contribution >= 0.6 is 0 Å². The van der Waals surface area contributed by atoms with E-state index in [4.69, 9.17) is 0 Å². The Labute approximate surface area is 77.2 Å². The van der Waals surface area contributed by atoms with Crippen LogP contribution in [-0.2, 0) is 0 Å². The Morgan fingerprint density at radius 2 is 1.50 bits per heavy atom. The lowest BCUT2D eigenvalue weighted by Crippen LogP contribution is -2.23. The molecule has 0 aliphatic carbocycles. The van der Waals surface area contributed by atoms with Crippen molar-refractivity contribution in [3.8, 4) is 0 Å². The van der Waals surface area contributed by atoms with Gasteiger partial charge < -0.3 is 5.32 Å². The Balaban J connectivity index is 4.82. The summed E-state index contributed by atoms with van der Waals surface area (Å²) in [4.78, 5) is 0. The summed E-state index contributed by atoms with van der Waals surface area (Å²) in [6, 6.07) is 0. The van der Waals surface area contributed by atoms with E-state index in [9.17, 15) is 0 Å². The molecule has 0 atom stereocenters. The number of nitrogens with one attached hydrogen (secondary N) is 1. The highest BCUT2D eigenvalue weighted by Crippen LogP contribution is 2.27. The molecule has 0 spiro atoms. The normalized spacial score (nSPS) is 11.2. The van der Waals surface area contributed by atoms with Crippen LogP contribution < -0.4 is 5.32 Å². The van der Waals surface area contributed by atoms with Crippen LogP contribution in [0.5, 0.6) is 0 Å². The maximum atomic E-state index is 3.32. The fourth-order valence-corrected chi connectivity index (χ4v) is 1.69. The van der Waals surface area contributed by atoms with Gasteiger partial charge in [0.05, 0.1) is 0 Å². The van der Waals surface area contributed by atoms with Crippen LogP contribution in [0.3, 0.4) is 0 Å². The molecule has 0 unspecified atom stereocenters. The lowest BCUT2D eigenvalue weighted by Gasteiger charge is -2.26. The molecule has 0 aromatic heterocycles. The van der Waals surface area contributed by atoms with E-state index in [1.54, 1.807) is 5.57 Å². The van der Waals surface area contributed by atoms with Crippen molar-refractivity contribution in [1.82, 2.24) is 5.32 Å². The number of hydrogen-bond donors (Lipinski definition) is 1. The van der Waals surface area contributed by atoms with Gasteiger partial charge in [-0.25, -0.2) is 0 Å². The van der Waals surface area contributed by atoms with Crippen LogP contribution in [0, 0.1) is 5.41 Å². The van der Waals surface area contributed by atoms with E-state index < -0.39 is 0 Å². The van der Waals surface area contributed by atoms with Gasteiger partial charge in [0.2, 0.25) is 0 Å². The average Bonchev–Trinajstić information content (AvgIpc) is 1.97. The molecule has 0 radical (unpaired) electrons. The summed E-state index contributed by atoms with van der Waals surface area (Å²) in [7, 11) is 2.02. The minimum atomic E-state index is 0.260. The molecule has 1 nitrogen and oxygen atoms in total. The predicted octanol–water partition coefficient (Wildman–Crippen LogP) is 3.33. The standard InChI is InChI=1S/C11H23N/c1-7-9(8-2)10(12-6)11(3,4)5/h12H,7-8H2,1-6H3. The van der Waals surface area contributed by atoms with E-state index in [0.717, 1.165) is 12.8 Å². The van der Waals surface area contributed by atoms with Gasteiger partial charge in [-0.15, -0.1) is 0 Å². The molecule has 0 amide bonds. The van der Waals surface area contributed by atoms with Gasteiger partial charge in [0.15, 0.2) is 0 Å². The first-order valence-corrected chi connectivity index (χ1v) is 4.87. The fraction of sp³-hybridized carbons (Fsp3) is 0.818. The second-order valence-corrected chi connectivity index (χ2v) is 4.19. The Kier molecular flexibility index (Phi) is 4.36. The first-order chi connectivity index (χ1) is 5.47. The van der Waals surface area contributed by atoms with E-state index in [2.05, 4.69) is 39.9 Å². The average molecular weight is 169 g/mol.